The minimum absolute atomic E-state index is 0.0952. The van der Waals surface area contributed by atoms with Crippen LogP contribution in [0.3, 0.4) is 0 Å². The van der Waals surface area contributed by atoms with Crippen LogP contribution in [0.15, 0.2) is 71.7 Å². The van der Waals surface area contributed by atoms with E-state index in [9.17, 15) is 9.59 Å². The third-order valence-electron chi connectivity index (χ3n) is 3.98. The van der Waals surface area contributed by atoms with Gasteiger partial charge in [-0.1, -0.05) is 48.0 Å². The van der Waals surface area contributed by atoms with Crippen LogP contribution >= 0.6 is 11.6 Å². The molecule has 2 aromatic carbocycles. The fraction of sp³-hybridized carbons (Fsp3) is 0.100. The Balaban J connectivity index is 1.87. The number of nitrogens with zero attached hydrogens (tertiary/aromatic N) is 1. The van der Waals surface area contributed by atoms with Gasteiger partial charge in [0, 0.05) is 16.9 Å². The zero-order chi connectivity index (χ0) is 17.8. The van der Waals surface area contributed by atoms with Gasteiger partial charge >= 0.3 is 0 Å². The number of halogens is 1. The van der Waals surface area contributed by atoms with Crippen LogP contribution in [-0.2, 0) is 6.54 Å². The van der Waals surface area contributed by atoms with Gasteiger partial charge in [0.25, 0.3) is 11.5 Å². The Morgan fingerprint density at radius 3 is 2.56 bits per heavy atom. The highest BCUT2D eigenvalue weighted by atomic mass is 35.5. The number of nitrogens with one attached hydrogen (secondary N) is 1. The number of anilines is 1. The third-order valence-corrected chi connectivity index (χ3v) is 4.39. The van der Waals surface area contributed by atoms with Gasteiger partial charge in [-0.05, 0) is 42.3 Å². The highest BCUT2D eigenvalue weighted by Crippen LogP contribution is 2.23. The molecule has 25 heavy (non-hydrogen) atoms. The van der Waals surface area contributed by atoms with E-state index in [4.69, 9.17) is 11.6 Å². The monoisotopic (exact) mass is 352 g/mol. The van der Waals surface area contributed by atoms with Crippen molar-refractivity contribution in [3.8, 4) is 0 Å². The van der Waals surface area contributed by atoms with Crippen molar-refractivity contribution in [2.45, 2.75) is 13.5 Å². The first-order valence-electron chi connectivity index (χ1n) is 7.86. The number of carbonyl (C=O) groups is 1. The average molecular weight is 353 g/mol. The molecule has 1 heterocycles. The molecule has 0 aliphatic heterocycles. The van der Waals surface area contributed by atoms with E-state index >= 15 is 0 Å². The van der Waals surface area contributed by atoms with Gasteiger partial charge in [-0.15, -0.1) is 0 Å². The van der Waals surface area contributed by atoms with E-state index in [0.29, 0.717) is 17.3 Å². The Bertz CT molecular complexity index is 965. The van der Waals surface area contributed by atoms with Crippen LogP contribution in [0, 0.1) is 6.92 Å². The number of aromatic nitrogens is 1. The quantitative estimate of drug-likeness (QED) is 0.768. The molecular weight excluding hydrogens is 336 g/mol. The van der Waals surface area contributed by atoms with Crippen molar-refractivity contribution < 1.29 is 4.79 Å². The van der Waals surface area contributed by atoms with E-state index in [0.717, 1.165) is 11.1 Å². The summed E-state index contributed by atoms with van der Waals surface area (Å²) < 4.78 is 1.52. The van der Waals surface area contributed by atoms with Crippen molar-refractivity contribution in [3.05, 3.63) is 98.9 Å². The number of hydrogen-bond donors (Lipinski definition) is 1. The van der Waals surface area contributed by atoms with E-state index < -0.39 is 5.91 Å². The highest BCUT2D eigenvalue weighted by Gasteiger charge is 2.14. The summed E-state index contributed by atoms with van der Waals surface area (Å²) in [5.74, 6) is -0.447. The van der Waals surface area contributed by atoms with Crippen molar-refractivity contribution >= 4 is 23.2 Å². The molecule has 126 valence electrons. The molecule has 1 aromatic heterocycles. The first-order valence-corrected chi connectivity index (χ1v) is 8.24. The lowest BCUT2D eigenvalue weighted by molar-refractivity contribution is 0.102. The second kappa shape index (κ2) is 7.36. The zero-order valence-electron chi connectivity index (χ0n) is 13.7. The Kier molecular flexibility index (Phi) is 5.00. The summed E-state index contributed by atoms with van der Waals surface area (Å²) >= 11 is 6.07. The predicted octanol–water partition coefficient (Wildman–Crippen LogP) is 4.11. The van der Waals surface area contributed by atoms with Crippen LogP contribution in [0.4, 0.5) is 5.69 Å². The lowest BCUT2D eigenvalue weighted by Crippen LogP contribution is -2.29. The molecule has 1 amide bonds. The van der Waals surface area contributed by atoms with E-state index in [1.807, 2.05) is 37.3 Å². The molecule has 0 saturated carbocycles. The summed E-state index contributed by atoms with van der Waals surface area (Å²) in [6.45, 7) is 2.23. The largest absolute Gasteiger partial charge is 0.322 e. The van der Waals surface area contributed by atoms with Crippen LogP contribution < -0.4 is 10.9 Å². The molecule has 1 N–H and O–H groups in total. The van der Waals surface area contributed by atoms with Crippen molar-refractivity contribution in [3.63, 3.8) is 0 Å². The van der Waals surface area contributed by atoms with Crippen LogP contribution in [0.1, 0.15) is 21.5 Å². The smallest absolute Gasteiger partial charge is 0.263 e. The van der Waals surface area contributed by atoms with Gasteiger partial charge < -0.3 is 9.88 Å². The molecular formula is C20H17ClN2O2. The Morgan fingerprint density at radius 2 is 1.80 bits per heavy atom. The number of pyridine rings is 1. The molecule has 4 nitrogen and oxygen atoms in total. The molecule has 3 aromatic rings. The van der Waals surface area contributed by atoms with E-state index in [1.54, 1.807) is 30.5 Å². The molecule has 0 fully saturated rings. The summed E-state index contributed by atoms with van der Waals surface area (Å²) in [6, 6.07) is 18.1. The second-order valence-corrected chi connectivity index (χ2v) is 6.11. The topological polar surface area (TPSA) is 51.1 Å². The van der Waals surface area contributed by atoms with Gasteiger partial charge in [0.05, 0.1) is 6.54 Å². The van der Waals surface area contributed by atoms with Gasteiger partial charge in [-0.2, -0.15) is 0 Å². The fourth-order valence-corrected chi connectivity index (χ4v) is 2.72. The first-order chi connectivity index (χ1) is 12.1. The summed E-state index contributed by atoms with van der Waals surface area (Å²) in [5, 5.41) is 3.32. The van der Waals surface area contributed by atoms with Gasteiger partial charge in [0.15, 0.2) is 0 Å². The molecule has 0 saturated heterocycles. The Morgan fingerprint density at radius 1 is 1.04 bits per heavy atom. The van der Waals surface area contributed by atoms with Crippen molar-refractivity contribution in [2.24, 2.45) is 0 Å². The molecule has 0 atom stereocenters. The van der Waals surface area contributed by atoms with Gasteiger partial charge in [0.2, 0.25) is 0 Å². The summed E-state index contributed by atoms with van der Waals surface area (Å²) in [7, 11) is 0. The SMILES string of the molecule is Cc1c(Cl)cccc1NC(=O)c1cccn(Cc2ccccc2)c1=O. The van der Waals surface area contributed by atoms with Gasteiger partial charge in [-0.25, -0.2) is 0 Å². The standard InChI is InChI=1S/C20H17ClN2O2/c1-14-17(21)10-5-11-18(14)22-19(24)16-9-6-12-23(20(16)25)13-15-7-3-2-4-8-15/h2-12H,13H2,1H3,(H,22,24). The molecule has 0 aliphatic rings. The van der Waals surface area contributed by atoms with Crippen molar-refractivity contribution in [1.82, 2.24) is 4.57 Å². The average Bonchev–Trinajstić information content (AvgIpc) is 2.61. The first kappa shape index (κ1) is 17.0. The molecule has 5 heteroatoms. The molecule has 0 radical (unpaired) electrons. The lowest BCUT2D eigenvalue weighted by atomic mass is 10.1. The Hall–Kier alpha value is -2.85. The van der Waals surface area contributed by atoms with Crippen LogP contribution in [-0.4, -0.2) is 10.5 Å². The van der Waals surface area contributed by atoms with Crippen LogP contribution in [0.5, 0.6) is 0 Å². The van der Waals surface area contributed by atoms with E-state index in [2.05, 4.69) is 5.32 Å². The van der Waals surface area contributed by atoms with Crippen LogP contribution in [0.25, 0.3) is 0 Å². The Labute approximate surface area is 150 Å². The number of benzene rings is 2. The normalized spacial score (nSPS) is 10.5. The van der Waals surface area contributed by atoms with Gasteiger partial charge in [-0.3, -0.25) is 9.59 Å². The van der Waals surface area contributed by atoms with Crippen molar-refractivity contribution in [1.29, 1.82) is 0 Å². The van der Waals surface area contributed by atoms with Crippen LogP contribution in [0.2, 0.25) is 5.02 Å². The third kappa shape index (κ3) is 3.80. The lowest BCUT2D eigenvalue weighted by Gasteiger charge is -2.11. The molecule has 0 aliphatic carbocycles. The zero-order valence-corrected chi connectivity index (χ0v) is 14.5. The maximum Gasteiger partial charge on any atom is 0.263 e. The highest BCUT2D eigenvalue weighted by molar-refractivity contribution is 6.31. The minimum atomic E-state index is -0.447. The molecule has 3 rings (SSSR count). The molecule has 0 bridgehead atoms. The number of amides is 1. The maximum absolute atomic E-state index is 12.6. The van der Waals surface area contributed by atoms with Crippen molar-refractivity contribution in [2.75, 3.05) is 5.32 Å². The fourth-order valence-electron chi connectivity index (χ4n) is 2.55. The predicted molar refractivity (Wildman–Crippen MR) is 100 cm³/mol. The molecule has 0 spiro atoms. The summed E-state index contributed by atoms with van der Waals surface area (Å²) in [4.78, 5) is 25.2. The number of rotatable bonds is 4. The second-order valence-electron chi connectivity index (χ2n) is 5.71. The van der Waals surface area contributed by atoms with E-state index in [-0.39, 0.29) is 11.1 Å². The molecule has 0 unspecified atom stereocenters. The van der Waals surface area contributed by atoms with E-state index in [1.165, 1.54) is 10.6 Å². The maximum atomic E-state index is 12.6. The minimum Gasteiger partial charge on any atom is -0.322 e. The van der Waals surface area contributed by atoms with Gasteiger partial charge in [0.1, 0.15) is 5.56 Å². The summed E-state index contributed by atoms with van der Waals surface area (Å²) in [6.07, 6.45) is 1.68. The summed E-state index contributed by atoms with van der Waals surface area (Å²) in [5.41, 5.74) is 2.11. The number of carbonyl (C=O) groups excluding carboxylic acids is 1. The number of hydrogen-bond acceptors (Lipinski definition) is 2.